The van der Waals surface area contributed by atoms with Gasteiger partial charge in [0.05, 0.1) is 6.20 Å². The first-order valence-corrected chi connectivity index (χ1v) is 5.65. The highest BCUT2D eigenvalue weighted by Gasteiger charge is 2.08. The summed E-state index contributed by atoms with van der Waals surface area (Å²) in [7, 11) is 0. The van der Waals surface area contributed by atoms with Crippen LogP contribution in [-0.4, -0.2) is 15.9 Å². The molecule has 0 fully saturated rings. The van der Waals surface area contributed by atoms with E-state index in [9.17, 15) is 4.79 Å². The number of carbonyl (C=O) groups excluding carboxylic acids is 1. The average Bonchev–Trinajstić information content (AvgIpc) is 2.36. The number of aromatic nitrogens is 2. The SMILES string of the molecule is Cc1cc(C)cc(COC(=O)c2cnccn2)c1. The van der Waals surface area contributed by atoms with Crippen LogP contribution in [0.4, 0.5) is 0 Å². The summed E-state index contributed by atoms with van der Waals surface area (Å²) in [4.78, 5) is 19.4. The second kappa shape index (κ2) is 5.40. The molecule has 0 N–H and O–H groups in total. The fourth-order valence-electron chi connectivity index (χ4n) is 1.78. The molecule has 0 saturated heterocycles. The predicted molar refractivity (Wildman–Crippen MR) is 67.1 cm³/mol. The number of nitrogens with zero attached hydrogens (tertiary/aromatic N) is 2. The van der Waals surface area contributed by atoms with E-state index in [1.54, 1.807) is 0 Å². The van der Waals surface area contributed by atoms with Gasteiger partial charge in [0.15, 0.2) is 5.69 Å². The molecule has 0 aliphatic rings. The standard InChI is InChI=1S/C14H14N2O2/c1-10-5-11(2)7-12(6-10)9-18-14(17)13-8-15-3-4-16-13/h3-8H,9H2,1-2H3. The molecule has 4 heteroatoms. The molecule has 1 heterocycles. The Hall–Kier alpha value is -2.23. The van der Waals surface area contributed by atoms with E-state index in [4.69, 9.17) is 4.74 Å². The second-order valence-electron chi connectivity index (χ2n) is 4.16. The van der Waals surface area contributed by atoms with Crippen LogP contribution < -0.4 is 0 Å². The Morgan fingerprint density at radius 3 is 2.50 bits per heavy atom. The van der Waals surface area contributed by atoms with Crippen LogP contribution in [-0.2, 0) is 11.3 Å². The number of carbonyl (C=O) groups is 1. The molecule has 2 aromatic rings. The Balaban J connectivity index is 2.02. The van der Waals surface area contributed by atoms with Crippen molar-refractivity contribution >= 4 is 5.97 Å². The molecule has 92 valence electrons. The van der Waals surface area contributed by atoms with E-state index in [2.05, 4.69) is 16.0 Å². The summed E-state index contributed by atoms with van der Waals surface area (Å²) in [5.41, 5.74) is 3.51. The number of hydrogen-bond donors (Lipinski definition) is 0. The lowest BCUT2D eigenvalue weighted by Crippen LogP contribution is -2.07. The van der Waals surface area contributed by atoms with Crippen molar-refractivity contribution in [3.63, 3.8) is 0 Å². The maximum absolute atomic E-state index is 11.7. The van der Waals surface area contributed by atoms with Crippen molar-refractivity contribution in [2.24, 2.45) is 0 Å². The molecule has 4 nitrogen and oxygen atoms in total. The minimum absolute atomic E-state index is 0.224. The van der Waals surface area contributed by atoms with Crippen molar-refractivity contribution in [2.45, 2.75) is 20.5 Å². The molecule has 2 rings (SSSR count). The fourth-order valence-corrected chi connectivity index (χ4v) is 1.78. The summed E-state index contributed by atoms with van der Waals surface area (Å²) < 4.78 is 5.18. The molecule has 0 radical (unpaired) electrons. The monoisotopic (exact) mass is 242 g/mol. The van der Waals surface area contributed by atoms with Crippen molar-refractivity contribution in [1.82, 2.24) is 9.97 Å². The van der Waals surface area contributed by atoms with Crippen LogP contribution >= 0.6 is 0 Å². The van der Waals surface area contributed by atoms with E-state index in [0.29, 0.717) is 0 Å². The van der Waals surface area contributed by atoms with Crippen molar-refractivity contribution < 1.29 is 9.53 Å². The number of esters is 1. The van der Waals surface area contributed by atoms with E-state index in [-0.39, 0.29) is 12.3 Å². The third-order valence-electron chi connectivity index (χ3n) is 2.42. The summed E-state index contributed by atoms with van der Waals surface area (Å²) in [6, 6.07) is 6.07. The Kier molecular flexibility index (Phi) is 3.67. The maximum Gasteiger partial charge on any atom is 0.358 e. The molecule has 0 aliphatic carbocycles. The summed E-state index contributed by atoms with van der Waals surface area (Å²) in [5.74, 6) is -0.456. The third kappa shape index (κ3) is 3.13. The van der Waals surface area contributed by atoms with E-state index in [1.165, 1.54) is 18.6 Å². The molecule has 0 atom stereocenters. The predicted octanol–water partition coefficient (Wildman–Crippen LogP) is 2.45. The van der Waals surface area contributed by atoms with Gasteiger partial charge in [0.25, 0.3) is 0 Å². The van der Waals surface area contributed by atoms with E-state index >= 15 is 0 Å². The van der Waals surface area contributed by atoms with Gasteiger partial charge < -0.3 is 4.74 Å². The van der Waals surface area contributed by atoms with Gasteiger partial charge in [-0.3, -0.25) is 4.98 Å². The van der Waals surface area contributed by atoms with Gasteiger partial charge in [-0.25, -0.2) is 9.78 Å². The van der Waals surface area contributed by atoms with Crippen LogP contribution in [0.2, 0.25) is 0 Å². The minimum Gasteiger partial charge on any atom is -0.456 e. The Labute approximate surface area is 106 Å². The van der Waals surface area contributed by atoms with Gasteiger partial charge in [-0.1, -0.05) is 29.3 Å². The van der Waals surface area contributed by atoms with E-state index in [1.807, 2.05) is 26.0 Å². The molecule has 0 unspecified atom stereocenters. The fraction of sp³-hybridized carbons (Fsp3) is 0.214. The highest BCUT2D eigenvalue weighted by atomic mass is 16.5. The Bertz CT molecular complexity index is 533. The van der Waals surface area contributed by atoms with Gasteiger partial charge in [0.2, 0.25) is 0 Å². The van der Waals surface area contributed by atoms with E-state index in [0.717, 1.165) is 16.7 Å². The normalized spacial score (nSPS) is 10.1. The molecule has 1 aromatic heterocycles. The summed E-state index contributed by atoms with van der Waals surface area (Å²) in [6.07, 6.45) is 4.37. The highest BCUT2D eigenvalue weighted by molar-refractivity contribution is 5.86. The van der Waals surface area contributed by atoms with Crippen LogP contribution in [0.1, 0.15) is 27.2 Å². The Morgan fingerprint density at radius 1 is 1.17 bits per heavy atom. The first kappa shape index (κ1) is 12.2. The molecule has 1 aromatic carbocycles. The van der Waals surface area contributed by atoms with Gasteiger partial charge in [0.1, 0.15) is 6.61 Å². The van der Waals surface area contributed by atoms with E-state index < -0.39 is 5.97 Å². The van der Waals surface area contributed by atoms with Crippen LogP contribution in [0.3, 0.4) is 0 Å². The lowest BCUT2D eigenvalue weighted by Gasteiger charge is -2.06. The minimum atomic E-state index is -0.456. The van der Waals surface area contributed by atoms with Crippen LogP contribution in [0.5, 0.6) is 0 Å². The van der Waals surface area contributed by atoms with Crippen LogP contribution in [0.25, 0.3) is 0 Å². The zero-order chi connectivity index (χ0) is 13.0. The quantitative estimate of drug-likeness (QED) is 0.776. The van der Waals surface area contributed by atoms with Crippen molar-refractivity contribution in [3.05, 3.63) is 59.2 Å². The molecular formula is C14H14N2O2. The molecule has 0 saturated carbocycles. The van der Waals surface area contributed by atoms with Gasteiger partial charge in [-0.15, -0.1) is 0 Å². The third-order valence-corrected chi connectivity index (χ3v) is 2.42. The maximum atomic E-state index is 11.7. The topological polar surface area (TPSA) is 52.1 Å². The molecule has 0 bridgehead atoms. The second-order valence-corrected chi connectivity index (χ2v) is 4.16. The smallest absolute Gasteiger partial charge is 0.358 e. The first-order chi connectivity index (χ1) is 8.65. The number of rotatable bonds is 3. The molecule has 0 aliphatic heterocycles. The largest absolute Gasteiger partial charge is 0.456 e. The number of ether oxygens (including phenoxy) is 1. The van der Waals surface area contributed by atoms with Gasteiger partial charge in [-0.05, 0) is 19.4 Å². The molecular weight excluding hydrogens is 228 g/mol. The summed E-state index contributed by atoms with van der Waals surface area (Å²) in [5, 5.41) is 0. The number of hydrogen-bond acceptors (Lipinski definition) is 4. The summed E-state index contributed by atoms with van der Waals surface area (Å²) >= 11 is 0. The number of benzene rings is 1. The zero-order valence-corrected chi connectivity index (χ0v) is 10.4. The molecule has 0 spiro atoms. The Morgan fingerprint density at radius 2 is 1.89 bits per heavy atom. The first-order valence-electron chi connectivity index (χ1n) is 5.65. The molecule has 0 amide bonds. The van der Waals surface area contributed by atoms with Crippen LogP contribution in [0, 0.1) is 13.8 Å². The van der Waals surface area contributed by atoms with Crippen molar-refractivity contribution in [3.8, 4) is 0 Å². The van der Waals surface area contributed by atoms with Crippen LogP contribution in [0.15, 0.2) is 36.8 Å². The highest BCUT2D eigenvalue weighted by Crippen LogP contribution is 2.10. The zero-order valence-electron chi connectivity index (χ0n) is 10.4. The van der Waals surface area contributed by atoms with Crippen molar-refractivity contribution in [2.75, 3.05) is 0 Å². The van der Waals surface area contributed by atoms with Crippen molar-refractivity contribution in [1.29, 1.82) is 0 Å². The lowest BCUT2D eigenvalue weighted by molar-refractivity contribution is 0.0465. The average molecular weight is 242 g/mol. The van der Waals surface area contributed by atoms with Gasteiger partial charge in [-0.2, -0.15) is 0 Å². The van der Waals surface area contributed by atoms with Gasteiger partial charge >= 0.3 is 5.97 Å². The number of aryl methyl sites for hydroxylation is 2. The molecule has 18 heavy (non-hydrogen) atoms. The van der Waals surface area contributed by atoms with Gasteiger partial charge in [0, 0.05) is 12.4 Å². The lowest BCUT2D eigenvalue weighted by atomic mass is 10.1. The summed E-state index contributed by atoms with van der Waals surface area (Å²) in [6.45, 7) is 4.28.